The average Bonchev–Trinajstić information content (AvgIpc) is 2.65. The van der Waals surface area contributed by atoms with Crippen molar-refractivity contribution in [2.45, 2.75) is 26.0 Å². The molecule has 0 saturated carbocycles. The molecule has 0 aromatic heterocycles. The van der Waals surface area contributed by atoms with E-state index < -0.39 is 6.10 Å². The van der Waals surface area contributed by atoms with E-state index in [-0.39, 0.29) is 5.91 Å². The predicted molar refractivity (Wildman–Crippen MR) is 107 cm³/mol. The predicted octanol–water partition coefficient (Wildman–Crippen LogP) is 5.62. The van der Waals surface area contributed by atoms with E-state index in [1.165, 1.54) is 0 Å². The fraction of sp³-hybridized carbons (Fsp3) is 0.190. The molecule has 0 aliphatic carbocycles. The summed E-state index contributed by atoms with van der Waals surface area (Å²) in [6.45, 7) is 2.24. The molecule has 0 aliphatic rings. The largest absolute Gasteiger partial charge is 0.480 e. The molecule has 0 unspecified atom stereocenters. The smallest absolute Gasteiger partial charge is 0.261 e. The second-order valence-electron chi connectivity index (χ2n) is 5.95. The van der Waals surface area contributed by atoms with Crippen LogP contribution in [0.15, 0.2) is 60.7 Å². The second-order valence-corrected chi connectivity index (χ2v) is 6.79. The molecule has 3 aromatic carbocycles. The number of fused-ring (bicyclic) bond motifs is 1. The van der Waals surface area contributed by atoms with Gasteiger partial charge in [0.05, 0.1) is 0 Å². The number of ether oxygens (including phenoxy) is 1. The Hall–Kier alpha value is -2.23. The van der Waals surface area contributed by atoms with Crippen molar-refractivity contribution < 1.29 is 9.53 Å². The highest BCUT2D eigenvalue weighted by molar-refractivity contribution is 6.35. The fourth-order valence-electron chi connectivity index (χ4n) is 2.74. The first-order valence-corrected chi connectivity index (χ1v) is 9.20. The molecule has 1 amide bonds. The van der Waals surface area contributed by atoms with Gasteiger partial charge in [0.1, 0.15) is 5.75 Å². The van der Waals surface area contributed by atoms with Crippen LogP contribution in [-0.2, 0) is 11.3 Å². The summed E-state index contributed by atoms with van der Waals surface area (Å²) in [5.41, 5.74) is 0.810. The SMILES string of the molecule is CC[C@@H](Oc1cccc2ccccc12)C(=O)NCc1ccc(Cl)cc1Cl. The molecule has 0 radical (unpaired) electrons. The van der Waals surface area contributed by atoms with Crippen LogP contribution in [0.1, 0.15) is 18.9 Å². The minimum absolute atomic E-state index is 0.175. The van der Waals surface area contributed by atoms with Gasteiger partial charge in [0.15, 0.2) is 6.10 Å². The van der Waals surface area contributed by atoms with Crippen molar-refractivity contribution in [1.29, 1.82) is 0 Å². The zero-order chi connectivity index (χ0) is 18.5. The van der Waals surface area contributed by atoms with Gasteiger partial charge in [-0.05, 0) is 35.6 Å². The van der Waals surface area contributed by atoms with E-state index in [1.807, 2.05) is 49.4 Å². The first-order chi connectivity index (χ1) is 12.6. The highest BCUT2D eigenvalue weighted by Crippen LogP contribution is 2.26. The Balaban J connectivity index is 1.70. The van der Waals surface area contributed by atoms with Gasteiger partial charge in [0, 0.05) is 22.0 Å². The van der Waals surface area contributed by atoms with Crippen LogP contribution in [0.25, 0.3) is 10.8 Å². The van der Waals surface area contributed by atoms with Gasteiger partial charge in [-0.2, -0.15) is 0 Å². The Labute approximate surface area is 162 Å². The van der Waals surface area contributed by atoms with Crippen LogP contribution in [0, 0.1) is 0 Å². The number of carbonyl (C=O) groups excluding carboxylic acids is 1. The molecule has 26 heavy (non-hydrogen) atoms. The van der Waals surface area contributed by atoms with Gasteiger partial charge in [0.2, 0.25) is 0 Å². The van der Waals surface area contributed by atoms with Crippen molar-refractivity contribution in [2.24, 2.45) is 0 Å². The summed E-state index contributed by atoms with van der Waals surface area (Å²) in [6.07, 6.45) is -0.0180. The lowest BCUT2D eigenvalue weighted by atomic mass is 10.1. The lowest BCUT2D eigenvalue weighted by molar-refractivity contribution is -0.128. The summed E-state index contributed by atoms with van der Waals surface area (Å²) < 4.78 is 6.01. The molecule has 3 nitrogen and oxygen atoms in total. The van der Waals surface area contributed by atoms with Gasteiger partial charge in [-0.3, -0.25) is 4.79 Å². The van der Waals surface area contributed by atoms with E-state index in [4.69, 9.17) is 27.9 Å². The molecule has 1 N–H and O–H groups in total. The Bertz CT molecular complexity index is 922. The summed E-state index contributed by atoms with van der Waals surface area (Å²) in [6, 6.07) is 19.0. The third-order valence-electron chi connectivity index (χ3n) is 4.15. The summed E-state index contributed by atoms with van der Waals surface area (Å²) in [5, 5.41) is 6.05. The maximum Gasteiger partial charge on any atom is 0.261 e. The Morgan fingerprint density at radius 1 is 1.08 bits per heavy atom. The summed E-state index contributed by atoms with van der Waals surface area (Å²) in [4.78, 5) is 12.6. The molecular formula is C21H19Cl2NO2. The Kier molecular flexibility index (Phi) is 6.02. The normalized spacial score (nSPS) is 12.0. The summed E-state index contributed by atoms with van der Waals surface area (Å²) in [5.74, 6) is 0.529. The maximum atomic E-state index is 12.6. The lowest BCUT2D eigenvalue weighted by Gasteiger charge is -2.19. The molecule has 3 aromatic rings. The van der Waals surface area contributed by atoms with Gasteiger partial charge in [-0.15, -0.1) is 0 Å². The van der Waals surface area contributed by atoms with Crippen molar-refractivity contribution in [2.75, 3.05) is 0 Å². The van der Waals surface area contributed by atoms with Crippen LogP contribution in [0.4, 0.5) is 0 Å². The number of hydrogen-bond donors (Lipinski definition) is 1. The quantitative estimate of drug-likeness (QED) is 0.595. The lowest BCUT2D eigenvalue weighted by Crippen LogP contribution is -2.37. The minimum Gasteiger partial charge on any atom is -0.480 e. The monoisotopic (exact) mass is 387 g/mol. The van der Waals surface area contributed by atoms with Crippen LogP contribution in [0.3, 0.4) is 0 Å². The van der Waals surface area contributed by atoms with E-state index >= 15 is 0 Å². The molecule has 0 heterocycles. The van der Waals surface area contributed by atoms with E-state index in [0.717, 1.165) is 16.3 Å². The number of hydrogen-bond acceptors (Lipinski definition) is 2. The van der Waals surface area contributed by atoms with Crippen LogP contribution in [-0.4, -0.2) is 12.0 Å². The van der Waals surface area contributed by atoms with Crippen LogP contribution < -0.4 is 10.1 Å². The van der Waals surface area contributed by atoms with E-state index in [2.05, 4.69) is 5.32 Å². The molecule has 0 aliphatic heterocycles. The molecule has 3 rings (SSSR count). The van der Waals surface area contributed by atoms with Gasteiger partial charge in [0.25, 0.3) is 5.91 Å². The molecule has 0 spiro atoms. The Morgan fingerprint density at radius 3 is 2.62 bits per heavy atom. The van der Waals surface area contributed by atoms with Crippen LogP contribution in [0.5, 0.6) is 5.75 Å². The minimum atomic E-state index is -0.577. The van der Waals surface area contributed by atoms with Crippen molar-refractivity contribution in [3.05, 3.63) is 76.3 Å². The summed E-state index contributed by atoms with van der Waals surface area (Å²) in [7, 11) is 0. The molecule has 134 valence electrons. The number of nitrogens with one attached hydrogen (secondary N) is 1. The third kappa shape index (κ3) is 4.29. The average molecular weight is 388 g/mol. The van der Waals surface area contributed by atoms with Gasteiger partial charge in [-0.25, -0.2) is 0 Å². The van der Waals surface area contributed by atoms with E-state index in [9.17, 15) is 4.79 Å². The van der Waals surface area contributed by atoms with Gasteiger partial charge >= 0.3 is 0 Å². The van der Waals surface area contributed by atoms with Crippen molar-refractivity contribution in [3.63, 3.8) is 0 Å². The first-order valence-electron chi connectivity index (χ1n) is 8.44. The highest BCUT2D eigenvalue weighted by Gasteiger charge is 2.19. The zero-order valence-corrected chi connectivity index (χ0v) is 15.8. The number of amides is 1. The molecule has 0 bridgehead atoms. The first kappa shape index (κ1) is 18.6. The third-order valence-corrected chi connectivity index (χ3v) is 4.74. The van der Waals surface area contributed by atoms with Crippen molar-refractivity contribution in [3.8, 4) is 5.75 Å². The van der Waals surface area contributed by atoms with Gasteiger partial charge in [-0.1, -0.05) is 72.6 Å². The molecular weight excluding hydrogens is 369 g/mol. The topological polar surface area (TPSA) is 38.3 Å². The van der Waals surface area contributed by atoms with Gasteiger partial charge < -0.3 is 10.1 Å². The second kappa shape index (κ2) is 8.43. The molecule has 0 saturated heterocycles. The van der Waals surface area contributed by atoms with Crippen molar-refractivity contribution >= 4 is 39.9 Å². The Morgan fingerprint density at radius 2 is 1.85 bits per heavy atom. The van der Waals surface area contributed by atoms with Crippen molar-refractivity contribution in [1.82, 2.24) is 5.32 Å². The highest BCUT2D eigenvalue weighted by atomic mass is 35.5. The number of carbonyl (C=O) groups is 1. The number of halogens is 2. The fourth-order valence-corrected chi connectivity index (χ4v) is 3.21. The standard InChI is InChI=1S/C21H19Cl2NO2/c1-2-19(21(25)24-13-15-10-11-16(22)12-18(15)23)26-20-9-5-7-14-6-3-4-8-17(14)20/h3-12,19H,2,13H2,1H3,(H,24,25)/t19-/m1/s1. The zero-order valence-electron chi connectivity index (χ0n) is 14.3. The maximum absolute atomic E-state index is 12.6. The molecule has 1 atom stereocenters. The van der Waals surface area contributed by atoms with Crippen LogP contribution in [0.2, 0.25) is 10.0 Å². The number of rotatable bonds is 6. The summed E-state index contributed by atoms with van der Waals surface area (Å²) >= 11 is 12.1. The van der Waals surface area contributed by atoms with E-state index in [0.29, 0.717) is 28.8 Å². The number of benzene rings is 3. The molecule has 5 heteroatoms. The van der Waals surface area contributed by atoms with E-state index in [1.54, 1.807) is 18.2 Å². The van der Waals surface area contributed by atoms with Crippen LogP contribution >= 0.6 is 23.2 Å². The molecule has 0 fully saturated rings.